The molecule has 1 amide bonds. The van der Waals surface area contributed by atoms with Crippen LogP contribution < -0.4 is 10.2 Å². The second-order valence-electron chi connectivity index (χ2n) is 7.98. The standard InChI is InChI=1S/C20H29N3O5S2/c1-14(2)28-20(24)22-10-8-17(9-11-22)27-13-15-12-23(19(29)21-15)16-4-6-18(7-5-16)30(3,25)26/h4-7,14-15,17H,8-13H2,1-3H3,(H,21,29). The number of sulfone groups is 1. The monoisotopic (exact) mass is 455 g/mol. The van der Waals surface area contributed by atoms with Crippen LogP contribution in [0.3, 0.4) is 0 Å². The van der Waals surface area contributed by atoms with E-state index in [-0.39, 0.29) is 29.2 Å². The molecule has 3 rings (SSSR count). The topological polar surface area (TPSA) is 88.2 Å². The minimum atomic E-state index is -3.22. The summed E-state index contributed by atoms with van der Waals surface area (Å²) in [7, 11) is -3.22. The van der Waals surface area contributed by atoms with Crippen LogP contribution in [0.4, 0.5) is 10.5 Å². The number of carbonyl (C=O) groups is 1. The predicted octanol–water partition coefficient (Wildman–Crippen LogP) is 2.18. The van der Waals surface area contributed by atoms with Crippen molar-refractivity contribution in [1.29, 1.82) is 0 Å². The van der Waals surface area contributed by atoms with Gasteiger partial charge in [-0.2, -0.15) is 0 Å². The number of nitrogens with zero attached hydrogens (tertiary/aromatic N) is 2. The maximum absolute atomic E-state index is 12.0. The molecule has 0 radical (unpaired) electrons. The van der Waals surface area contributed by atoms with Gasteiger partial charge in [0.1, 0.15) is 0 Å². The molecule has 0 aliphatic carbocycles. The number of ether oxygens (including phenoxy) is 2. The third kappa shape index (κ3) is 5.83. The van der Waals surface area contributed by atoms with E-state index in [1.165, 1.54) is 6.26 Å². The Labute approximate surface area is 183 Å². The van der Waals surface area contributed by atoms with Gasteiger partial charge in [-0.15, -0.1) is 0 Å². The second kappa shape index (κ2) is 9.49. The van der Waals surface area contributed by atoms with Crippen molar-refractivity contribution in [3.05, 3.63) is 24.3 Å². The van der Waals surface area contributed by atoms with Crippen molar-refractivity contribution < 1.29 is 22.7 Å². The van der Waals surface area contributed by atoms with E-state index in [4.69, 9.17) is 21.7 Å². The first-order valence-corrected chi connectivity index (χ1v) is 12.4. The normalized spacial score (nSPS) is 20.5. The highest BCUT2D eigenvalue weighted by Gasteiger charge is 2.29. The zero-order valence-corrected chi connectivity index (χ0v) is 19.2. The van der Waals surface area contributed by atoms with Crippen LogP contribution in [0.2, 0.25) is 0 Å². The number of carbonyl (C=O) groups excluding carboxylic acids is 1. The summed E-state index contributed by atoms with van der Waals surface area (Å²) in [5.41, 5.74) is 0.847. The van der Waals surface area contributed by atoms with Gasteiger partial charge in [0.25, 0.3) is 0 Å². The first-order valence-electron chi connectivity index (χ1n) is 10.1. The van der Waals surface area contributed by atoms with Crippen LogP contribution in [0.5, 0.6) is 0 Å². The number of likely N-dealkylation sites (tertiary alicyclic amines) is 1. The smallest absolute Gasteiger partial charge is 0.410 e. The van der Waals surface area contributed by atoms with E-state index < -0.39 is 9.84 Å². The first kappa shape index (κ1) is 22.8. The van der Waals surface area contributed by atoms with Crippen molar-refractivity contribution in [2.24, 2.45) is 0 Å². The molecule has 2 saturated heterocycles. The van der Waals surface area contributed by atoms with Crippen molar-refractivity contribution in [1.82, 2.24) is 10.2 Å². The molecule has 1 unspecified atom stereocenters. The predicted molar refractivity (Wildman–Crippen MR) is 119 cm³/mol. The number of thiocarbonyl (C=S) groups is 1. The molecule has 0 spiro atoms. The molecular weight excluding hydrogens is 426 g/mol. The van der Waals surface area contributed by atoms with Crippen molar-refractivity contribution in [2.45, 2.75) is 49.8 Å². The van der Waals surface area contributed by atoms with Gasteiger partial charge in [-0.1, -0.05) is 0 Å². The lowest BCUT2D eigenvalue weighted by atomic mass is 10.1. The lowest BCUT2D eigenvalue weighted by Crippen LogP contribution is -2.43. The molecule has 0 bridgehead atoms. The number of hydrogen-bond donors (Lipinski definition) is 1. The van der Waals surface area contributed by atoms with E-state index in [0.29, 0.717) is 31.4 Å². The van der Waals surface area contributed by atoms with Crippen LogP contribution in [0.1, 0.15) is 26.7 Å². The highest BCUT2D eigenvalue weighted by atomic mass is 32.2. The van der Waals surface area contributed by atoms with Gasteiger partial charge < -0.3 is 24.6 Å². The number of nitrogens with one attached hydrogen (secondary N) is 1. The number of piperidine rings is 1. The summed E-state index contributed by atoms with van der Waals surface area (Å²) in [6, 6.07) is 6.76. The molecule has 10 heteroatoms. The van der Waals surface area contributed by atoms with Gasteiger partial charge in [0.05, 0.1) is 29.8 Å². The van der Waals surface area contributed by atoms with Gasteiger partial charge in [0.15, 0.2) is 14.9 Å². The molecule has 0 aromatic heterocycles. The summed E-state index contributed by atoms with van der Waals surface area (Å²) < 4.78 is 34.6. The summed E-state index contributed by atoms with van der Waals surface area (Å²) in [6.07, 6.45) is 2.47. The molecule has 1 atom stereocenters. The van der Waals surface area contributed by atoms with Gasteiger partial charge in [0, 0.05) is 31.6 Å². The molecular formula is C20H29N3O5S2. The molecule has 2 fully saturated rings. The van der Waals surface area contributed by atoms with Crippen molar-refractivity contribution in [2.75, 3.05) is 37.4 Å². The number of benzene rings is 1. The van der Waals surface area contributed by atoms with Gasteiger partial charge in [-0.25, -0.2) is 13.2 Å². The Hall–Kier alpha value is -1.91. The zero-order valence-electron chi connectivity index (χ0n) is 17.5. The lowest BCUT2D eigenvalue weighted by Gasteiger charge is -2.32. The Balaban J connectivity index is 1.46. The van der Waals surface area contributed by atoms with Crippen LogP contribution >= 0.6 is 12.2 Å². The van der Waals surface area contributed by atoms with Gasteiger partial charge in [-0.3, -0.25) is 0 Å². The van der Waals surface area contributed by atoms with Crippen molar-refractivity contribution in [3.8, 4) is 0 Å². The van der Waals surface area contributed by atoms with Crippen LogP contribution in [-0.2, 0) is 19.3 Å². The Morgan fingerprint density at radius 3 is 2.43 bits per heavy atom. The van der Waals surface area contributed by atoms with E-state index in [0.717, 1.165) is 18.5 Å². The molecule has 8 nitrogen and oxygen atoms in total. The lowest BCUT2D eigenvalue weighted by molar-refractivity contribution is -0.00275. The molecule has 1 aromatic carbocycles. The number of rotatable bonds is 6. The van der Waals surface area contributed by atoms with Crippen molar-refractivity contribution >= 4 is 38.9 Å². The zero-order chi connectivity index (χ0) is 21.9. The molecule has 2 aliphatic rings. The summed E-state index contributed by atoms with van der Waals surface area (Å²) in [4.78, 5) is 15.9. The fourth-order valence-electron chi connectivity index (χ4n) is 3.53. The maximum Gasteiger partial charge on any atom is 0.410 e. The number of hydrogen-bond acceptors (Lipinski definition) is 6. The van der Waals surface area contributed by atoms with Crippen LogP contribution in [0, 0.1) is 0 Å². The summed E-state index contributed by atoms with van der Waals surface area (Å²) in [5.74, 6) is 0. The highest BCUT2D eigenvalue weighted by molar-refractivity contribution is 7.90. The maximum atomic E-state index is 12.0. The molecule has 1 aromatic rings. The van der Waals surface area contributed by atoms with E-state index in [9.17, 15) is 13.2 Å². The van der Waals surface area contributed by atoms with Crippen molar-refractivity contribution in [3.63, 3.8) is 0 Å². The molecule has 1 N–H and O–H groups in total. The van der Waals surface area contributed by atoms with Gasteiger partial charge >= 0.3 is 6.09 Å². The number of amides is 1. The largest absolute Gasteiger partial charge is 0.447 e. The molecule has 2 heterocycles. The molecule has 166 valence electrons. The third-order valence-electron chi connectivity index (χ3n) is 5.12. The average Bonchev–Trinajstić information content (AvgIpc) is 3.06. The van der Waals surface area contributed by atoms with Gasteiger partial charge in [-0.05, 0) is 63.2 Å². The number of anilines is 1. The Bertz CT molecular complexity index is 865. The van der Waals surface area contributed by atoms with Crippen LogP contribution in [0.25, 0.3) is 0 Å². The third-order valence-corrected chi connectivity index (χ3v) is 6.59. The quantitative estimate of drug-likeness (QED) is 0.653. The average molecular weight is 456 g/mol. The van der Waals surface area contributed by atoms with Crippen LogP contribution in [-0.4, -0.2) is 75.3 Å². The van der Waals surface area contributed by atoms with E-state index in [2.05, 4.69) is 5.32 Å². The first-order chi connectivity index (χ1) is 14.1. The summed E-state index contributed by atoms with van der Waals surface area (Å²) in [5, 5.41) is 3.86. The fourth-order valence-corrected chi connectivity index (χ4v) is 4.50. The minimum absolute atomic E-state index is 0.0519. The second-order valence-corrected chi connectivity index (χ2v) is 10.4. The van der Waals surface area contributed by atoms with Gasteiger partial charge in [0.2, 0.25) is 0 Å². The molecule has 2 aliphatic heterocycles. The molecule has 30 heavy (non-hydrogen) atoms. The Kier molecular flexibility index (Phi) is 7.20. The highest BCUT2D eigenvalue weighted by Crippen LogP contribution is 2.22. The van der Waals surface area contributed by atoms with E-state index >= 15 is 0 Å². The Morgan fingerprint density at radius 2 is 1.87 bits per heavy atom. The van der Waals surface area contributed by atoms with Crippen LogP contribution in [0.15, 0.2) is 29.2 Å². The van der Waals surface area contributed by atoms with E-state index in [1.54, 1.807) is 29.2 Å². The SMILES string of the molecule is CC(C)OC(=O)N1CCC(OCC2CN(c3ccc(S(C)(=O)=O)cc3)C(=S)N2)CC1. The summed E-state index contributed by atoms with van der Waals surface area (Å²) >= 11 is 5.44. The Morgan fingerprint density at radius 1 is 1.23 bits per heavy atom. The summed E-state index contributed by atoms with van der Waals surface area (Å²) in [6.45, 7) is 6.11. The fraction of sp³-hybridized carbons (Fsp3) is 0.600. The van der Waals surface area contributed by atoms with E-state index in [1.807, 2.05) is 18.7 Å². The minimum Gasteiger partial charge on any atom is -0.447 e. The molecule has 0 saturated carbocycles.